The van der Waals surface area contributed by atoms with Gasteiger partial charge in [-0.3, -0.25) is 0 Å². The van der Waals surface area contributed by atoms with E-state index in [0.717, 1.165) is 17.8 Å². The molecule has 0 amide bonds. The third-order valence-corrected chi connectivity index (χ3v) is 2.21. The van der Waals surface area contributed by atoms with Crippen molar-refractivity contribution in [3.8, 4) is 0 Å². The Morgan fingerprint density at radius 2 is 2.17 bits per heavy atom. The lowest BCUT2D eigenvalue weighted by Crippen LogP contribution is -2.06. The highest BCUT2D eigenvalue weighted by Gasteiger charge is 2.33. The molecule has 0 aliphatic carbocycles. The van der Waals surface area contributed by atoms with Crippen LogP contribution in [0.4, 0.5) is 13.2 Å². The summed E-state index contributed by atoms with van der Waals surface area (Å²) in [6.45, 7) is 1.86. The van der Waals surface area contributed by atoms with Crippen molar-refractivity contribution in [1.82, 2.24) is 0 Å². The van der Waals surface area contributed by atoms with Crippen LogP contribution in [0.5, 0.6) is 0 Å². The maximum Gasteiger partial charge on any atom is 0.418 e. The van der Waals surface area contributed by atoms with Crippen molar-refractivity contribution >= 4 is 11.3 Å². The summed E-state index contributed by atoms with van der Waals surface area (Å²) < 4.78 is 36.5. The van der Waals surface area contributed by atoms with Crippen LogP contribution in [0.3, 0.4) is 0 Å². The first-order valence-electron chi connectivity index (χ1n) is 3.61. The molecule has 1 radical (unpaired) electrons. The molecule has 4 heteroatoms. The number of hydrogen-bond donors (Lipinski definition) is 0. The topological polar surface area (TPSA) is 0 Å². The molecule has 0 nitrogen and oxygen atoms in total. The number of aryl methyl sites for hydroxylation is 1. The normalized spacial score (nSPS) is 12.0. The van der Waals surface area contributed by atoms with Crippen molar-refractivity contribution in [1.29, 1.82) is 0 Å². The monoisotopic (exact) mass is 193 g/mol. The summed E-state index contributed by atoms with van der Waals surface area (Å²) in [5.41, 5.74) is -0.218. The minimum absolute atomic E-state index is 0.370. The quantitative estimate of drug-likeness (QED) is 0.674. The molecule has 12 heavy (non-hydrogen) atoms. The minimum atomic E-state index is -4.23. The van der Waals surface area contributed by atoms with Crippen molar-refractivity contribution in [2.45, 2.75) is 25.9 Å². The highest BCUT2D eigenvalue weighted by Crippen LogP contribution is 2.34. The zero-order valence-electron chi connectivity index (χ0n) is 6.53. The Labute approximate surface area is 73.0 Å². The average Bonchev–Trinajstić information content (AvgIpc) is 2.34. The van der Waals surface area contributed by atoms with Gasteiger partial charge in [0.25, 0.3) is 0 Å². The van der Waals surface area contributed by atoms with E-state index in [0.29, 0.717) is 12.0 Å². The van der Waals surface area contributed by atoms with Crippen molar-refractivity contribution in [3.63, 3.8) is 0 Å². The van der Waals surface area contributed by atoms with Crippen LogP contribution >= 0.6 is 11.3 Å². The molecule has 0 N–H and O–H groups in total. The van der Waals surface area contributed by atoms with E-state index in [2.05, 4.69) is 5.38 Å². The molecule has 0 atom stereocenters. The Bertz CT molecular complexity index is 249. The number of rotatable bonds is 2. The van der Waals surface area contributed by atoms with Crippen LogP contribution in [0.25, 0.3) is 0 Å². The Morgan fingerprint density at radius 1 is 1.50 bits per heavy atom. The molecule has 1 heterocycles. The highest BCUT2D eigenvalue weighted by atomic mass is 32.1. The van der Waals surface area contributed by atoms with Crippen LogP contribution < -0.4 is 0 Å². The predicted octanol–water partition coefficient (Wildman–Crippen LogP) is 3.52. The molecule has 67 valence electrons. The van der Waals surface area contributed by atoms with Gasteiger partial charge in [0.05, 0.1) is 10.9 Å². The van der Waals surface area contributed by atoms with Gasteiger partial charge in [-0.1, -0.05) is 13.3 Å². The molecule has 0 spiro atoms. The van der Waals surface area contributed by atoms with E-state index >= 15 is 0 Å². The van der Waals surface area contributed by atoms with E-state index in [-0.39, 0.29) is 0 Å². The summed E-state index contributed by atoms with van der Waals surface area (Å²) in [4.78, 5) is 0. The minimum Gasteiger partial charge on any atom is -0.166 e. The van der Waals surface area contributed by atoms with Crippen molar-refractivity contribution in [3.05, 3.63) is 21.9 Å². The lowest BCUT2D eigenvalue weighted by Gasteiger charge is -2.05. The average molecular weight is 193 g/mol. The lowest BCUT2D eigenvalue weighted by atomic mass is 10.1. The van der Waals surface area contributed by atoms with Gasteiger partial charge in [0, 0.05) is 0 Å². The van der Waals surface area contributed by atoms with Crippen LogP contribution in [0.15, 0.2) is 5.38 Å². The molecule has 0 aliphatic heterocycles. The standard InChI is InChI=1S/C8H8F3S/c1-2-3-6-4-12-5-7(6)8(9,10)11/h4H,2-3H2,1H3. The summed E-state index contributed by atoms with van der Waals surface area (Å²) in [5, 5.41) is 3.77. The Hall–Kier alpha value is -0.510. The highest BCUT2D eigenvalue weighted by molar-refractivity contribution is 7.07. The first kappa shape index (κ1) is 9.58. The van der Waals surface area contributed by atoms with Crippen molar-refractivity contribution in [2.75, 3.05) is 0 Å². The van der Waals surface area contributed by atoms with Crippen LogP contribution in [0.1, 0.15) is 24.5 Å². The first-order valence-corrected chi connectivity index (χ1v) is 4.49. The second kappa shape index (κ2) is 3.47. The molecular weight excluding hydrogens is 185 g/mol. The summed E-state index contributed by atoms with van der Waals surface area (Å²) in [6, 6.07) is 0. The van der Waals surface area contributed by atoms with E-state index in [1.807, 2.05) is 6.92 Å². The van der Waals surface area contributed by atoms with Gasteiger partial charge in [-0.15, -0.1) is 11.3 Å². The molecule has 0 aliphatic rings. The summed E-state index contributed by atoms with van der Waals surface area (Å²) in [6.07, 6.45) is -3.02. The molecule has 0 bridgehead atoms. The fraction of sp³-hybridized carbons (Fsp3) is 0.500. The van der Waals surface area contributed by atoms with E-state index in [9.17, 15) is 13.2 Å². The van der Waals surface area contributed by atoms with Gasteiger partial charge < -0.3 is 0 Å². The van der Waals surface area contributed by atoms with Gasteiger partial charge in [0.1, 0.15) is 0 Å². The zero-order valence-corrected chi connectivity index (χ0v) is 7.35. The van der Waals surface area contributed by atoms with Gasteiger partial charge >= 0.3 is 6.18 Å². The van der Waals surface area contributed by atoms with Gasteiger partial charge in [-0.25, -0.2) is 0 Å². The van der Waals surface area contributed by atoms with Gasteiger partial charge in [0.2, 0.25) is 0 Å². The van der Waals surface area contributed by atoms with Gasteiger partial charge in [-0.2, -0.15) is 13.2 Å². The van der Waals surface area contributed by atoms with Gasteiger partial charge in [0.15, 0.2) is 0 Å². The molecule has 0 saturated heterocycles. The second-order valence-electron chi connectivity index (χ2n) is 2.49. The van der Waals surface area contributed by atoms with E-state index in [4.69, 9.17) is 0 Å². The largest absolute Gasteiger partial charge is 0.418 e. The van der Waals surface area contributed by atoms with Gasteiger partial charge in [-0.05, 0) is 17.4 Å². The summed E-state index contributed by atoms with van der Waals surface area (Å²) >= 11 is 0.988. The van der Waals surface area contributed by atoms with Crippen LogP contribution in [-0.4, -0.2) is 0 Å². The first-order chi connectivity index (χ1) is 5.55. The van der Waals surface area contributed by atoms with Crippen LogP contribution in [-0.2, 0) is 12.6 Å². The molecule has 1 rings (SSSR count). The number of hydrogen-bond acceptors (Lipinski definition) is 1. The van der Waals surface area contributed by atoms with Crippen molar-refractivity contribution < 1.29 is 13.2 Å². The van der Waals surface area contributed by atoms with E-state index in [1.165, 1.54) is 5.38 Å². The molecule has 0 aromatic carbocycles. The maximum atomic E-state index is 12.2. The van der Waals surface area contributed by atoms with E-state index in [1.54, 1.807) is 0 Å². The van der Waals surface area contributed by atoms with Crippen LogP contribution in [0.2, 0.25) is 0 Å². The molecule has 0 saturated carbocycles. The fourth-order valence-electron chi connectivity index (χ4n) is 0.977. The third kappa shape index (κ3) is 2.00. The fourth-order valence-corrected chi connectivity index (χ4v) is 1.78. The van der Waals surface area contributed by atoms with Crippen LogP contribution in [0, 0.1) is 5.38 Å². The Balaban J connectivity index is 2.91. The number of thiophene rings is 1. The molecule has 0 unspecified atom stereocenters. The SMILES string of the molecule is CCCc1cs[c]c1C(F)(F)F. The Morgan fingerprint density at radius 3 is 2.67 bits per heavy atom. The molecule has 1 aromatic rings. The second-order valence-corrected chi connectivity index (χ2v) is 3.16. The summed E-state index contributed by atoms with van der Waals surface area (Å²) in [5.74, 6) is 0. The zero-order chi connectivity index (χ0) is 9.19. The molecular formula is C8H8F3S. The van der Waals surface area contributed by atoms with Crippen molar-refractivity contribution in [2.24, 2.45) is 0 Å². The summed E-state index contributed by atoms with van der Waals surface area (Å²) in [7, 11) is 0. The molecule has 0 fully saturated rings. The predicted molar refractivity (Wildman–Crippen MR) is 42.2 cm³/mol. The third-order valence-electron chi connectivity index (χ3n) is 1.49. The Kier molecular flexibility index (Phi) is 2.77. The number of alkyl halides is 3. The lowest BCUT2D eigenvalue weighted by molar-refractivity contribution is -0.138. The van der Waals surface area contributed by atoms with E-state index < -0.39 is 11.7 Å². The molecule has 1 aromatic heterocycles. The maximum absolute atomic E-state index is 12.2. The smallest absolute Gasteiger partial charge is 0.166 e. The number of halogens is 3.